The molecular weight excluding hydrogens is 445 g/mol. The molecule has 0 radical (unpaired) electrons. The Bertz CT molecular complexity index is 1170. The molecule has 1 N–H and O–H groups in total. The fraction of sp³-hybridized carbons (Fsp3) is 0.227. The lowest BCUT2D eigenvalue weighted by molar-refractivity contribution is -0.136. The highest BCUT2D eigenvalue weighted by molar-refractivity contribution is 6.35. The van der Waals surface area contributed by atoms with Crippen molar-refractivity contribution in [3.8, 4) is 11.5 Å². The fourth-order valence-electron chi connectivity index (χ4n) is 2.68. The number of rotatable bonds is 8. The first kappa shape index (κ1) is 22.7. The van der Waals surface area contributed by atoms with Gasteiger partial charge in [-0.3, -0.25) is 4.79 Å². The average molecular weight is 464 g/mol. The predicted molar refractivity (Wildman–Crippen MR) is 117 cm³/mol. The minimum absolute atomic E-state index is 0.0819. The second kappa shape index (κ2) is 10.3. The molecule has 0 aliphatic carbocycles. The van der Waals surface area contributed by atoms with E-state index in [-0.39, 0.29) is 34.3 Å². The van der Waals surface area contributed by atoms with Crippen molar-refractivity contribution in [2.75, 3.05) is 13.2 Å². The third-order valence-corrected chi connectivity index (χ3v) is 4.77. The van der Waals surface area contributed by atoms with Gasteiger partial charge >= 0.3 is 11.6 Å². The summed E-state index contributed by atoms with van der Waals surface area (Å²) in [7, 11) is 0. The van der Waals surface area contributed by atoms with Crippen LogP contribution in [0.2, 0.25) is 10.0 Å². The van der Waals surface area contributed by atoms with Crippen LogP contribution in [0, 0.1) is 0 Å². The van der Waals surface area contributed by atoms with Crippen molar-refractivity contribution in [1.82, 2.24) is 5.32 Å². The number of amides is 1. The van der Waals surface area contributed by atoms with Crippen LogP contribution in [0.5, 0.6) is 11.5 Å². The molecule has 1 amide bonds. The number of benzene rings is 2. The average Bonchev–Trinajstić information content (AvgIpc) is 2.72. The Balaban J connectivity index is 1.67. The van der Waals surface area contributed by atoms with Crippen molar-refractivity contribution in [3.63, 3.8) is 0 Å². The molecule has 0 atom stereocenters. The molecule has 1 aromatic heterocycles. The smallest absolute Gasteiger partial charge is 0.349 e. The molecule has 0 bridgehead atoms. The lowest BCUT2D eigenvalue weighted by atomic mass is 10.1. The first-order chi connectivity index (χ1) is 14.9. The van der Waals surface area contributed by atoms with Gasteiger partial charge in [-0.25, -0.2) is 9.59 Å². The second-order valence-corrected chi connectivity index (χ2v) is 7.44. The Kier molecular flexibility index (Phi) is 7.55. The zero-order valence-electron chi connectivity index (χ0n) is 16.6. The SMILES string of the molecule is CCCCNC(=O)c1cc2ccc(OC(=O)COc3ccc(Cl)cc3Cl)cc2oc1=O. The number of carbonyl (C=O) groups is 2. The Morgan fingerprint density at radius 2 is 1.90 bits per heavy atom. The molecule has 7 nitrogen and oxygen atoms in total. The zero-order valence-corrected chi connectivity index (χ0v) is 18.1. The van der Waals surface area contributed by atoms with E-state index in [1.54, 1.807) is 18.2 Å². The molecule has 3 rings (SSSR count). The monoisotopic (exact) mass is 463 g/mol. The zero-order chi connectivity index (χ0) is 22.4. The summed E-state index contributed by atoms with van der Waals surface area (Å²) >= 11 is 11.8. The number of unbranched alkanes of at least 4 members (excludes halogenated alkanes) is 1. The lowest BCUT2D eigenvalue weighted by Crippen LogP contribution is -2.28. The first-order valence-electron chi connectivity index (χ1n) is 9.52. The number of esters is 1. The van der Waals surface area contributed by atoms with Crippen LogP contribution in [-0.2, 0) is 4.79 Å². The van der Waals surface area contributed by atoms with Gasteiger partial charge < -0.3 is 19.2 Å². The van der Waals surface area contributed by atoms with Gasteiger partial charge in [-0.1, -0.05) is 36.5 Å². The molecule has 0 saturated heterocycles. The Hall–Kier alpha value is -3.03. The van der Waals surface area contributed by atoms with Crippen LogP contribution >= 0.6 is 23.2 Å². The van der Waals surface area contributed by atoms with E-state index < -0.39 is 17.5 Å². The summed E-state index contributed by atoms with van der Waals surface area (Å²) in [4.78, 5) is 36.4. The van der Waals surface area contributed by atoms with Gasteiger partial charge in [-0.05, 0) is 42.8 Å². The molecule has 0 aliphatic rings. The quantitative estimate of drug-likeness (QED) is 0.226. The van der Waals surface area contributed by atoms with Crippen molar-refractivity contribution >= 4 is 46.0 Å². The van der Waals surface area contributed by atoms with E-state index >= 15 is 0 Å². The lowest BCUT2D eigenvalue weighted by Gasteiger charge is -2.09. The third-order valence-electron chi connectivity index (χ3n) is 4.24. The van der Waals surface area contributed by atoms with E-state index in [1.807, 2.05) is 6.92 Å². The molecule has 0 unspecified atom stereocenters. The number of halogens is 2. The van der Waals surface area contributed by atoms with Crippen LogP contribution < -0.4 is 20.4 Å². The highest BCUT2D eigenvalue weighted by atomic mass is 35.5. The second-order valence-electron chi connectivity index (χ2n) is 6.59. The molecule has 1 heterocycles. The van der Waals surface area contributed by atoms with Gasteiger partial charge in [0.15, 0.2) is 6.61 Å². The molecule has 9 heteroatoms. The molecule has 3 aromatic rings. The van der Waals surface area contributed by atoms with Gasteiger partial charge in [0.05, 0.1) is 5.02 Å². The maximum absolute atomic E-state index is 12.2. The number of hydrogen-bond donors (Lipinski definition) is 1. The summed E-state index contributed by atoms with van der Waals surface area (Å²) in [6, 6.07) is 10.6. The van der Waals surface area contributed by atoms with E-state index in [1.165, 1.54) is 24.3 Å². The number of fused-ring (bicyclic) bond motifs is 1. The maximum Gasteiger partial charge on any atom is 0.349 e. The van der Waals surface area contributed by atoms with Crippen LogP contribution in [0.3, 0.4) is 0 Å². The van der Waals surface area contributed by atoms with Crippen LogP contribution in [0.1, 0.15) is 30.1 Å². The number of carbonyl (C=O) groups excluding carboxylic acids is 2. The Morgan fingerprint density at radius 3 is 2.65 bits per heavy atom. The molecule has 2 aromatic carbocycles. The van der Waals surface area contributed by atoms with E-state index in [9.17, 15) is 14.4 Å². The molecular formula is C22H19Cl2NO6. The number of ether oxygens (including phenoxy) is 2. The van der Waals surface area contributed by atoms with Gasteiger partial charge in [-0.15, -0.1) is 0 Å². The van der Waals surface area contributed by atoms with Crippen molar-refractivity contribution in [2.45, 2.75) is 19.8 Å². The van der Waals surface area contributed by atoms with Crippen molar-refractivity contribution in [2.24, 2.45) is 0 Å². The normalized spacial score (nSPS) is 10.7. The summed E-state index contributed by atoms with van der Waals surface area (Å²) in [6.07, 6.45) is 1.74. The topological polar surface area (TPSA) is 94.8 Å². The van der Waals surface area contributed by atoms with Crippen LogP contribution in [0.25, 0.3) is 11.0 Å². The molecule has 0 saturated carbocycles. The van der Waals surface area contributed by atoms with Crippen LogP contribution in [0.15, 0.2) is 51.7 Å². The minimum Gasteiger partial charge on any atom is -0.480 e. The molecule has 162 valence electrons. The van der Waals surface area contributed by atoms with Crippen molar-refractivity contribution in [1.29, 1.82) is 0 Å². The fourth-order valence-corrected chi connectivity index (χ4v) is 3.14. The van der Waals surface area contributed by atoms with Gasteiger partial charge in [0, 0.05) is 23.0 Å². The van der Waals surface area contributed by atoms with Crippen molar-refractivity contribution in [3.05, 3.63) is 68.5 Å². The van der Waals surface area contributed by atoms with E-state index in [0.29, 0.717) is 17.0 Å². The van der Waals surface area contributed by atoms with E-state index in [4.69, 9.17) is 37.1 Å². The van der Waals surface area contributed by atoms with E-state index in [2.05, 4.69) is 5.32 Å². The summed E-state index contributed by atoms with van der Waals surface area (Å²) in [5.74, 6) is -0.721. The van der Waals surface area contributed by atoms with Gasteiger partial charge in [0.2, 0.25) is 0 Å². The standard InChI is InChI=1S/C22H19Cl2NO6/c1-2-3-8-25-21(27)16-9-13-4-6-15(11-19(13)31-22(16)28)30-20(26)12-29-18-7-5-14(23)10-17(18)24/h4-7,9-11H,2-3,8,12H2,1H3,(H,25,27). The highest BCUT2D eigenvalue weighted by Gasteiger charge is 2.15. The van der Waals surface area contributed by atoms with Gasteiger partial charge in [0.1, 0.15) is 22.6 Å². The largest absolute Gasteiger partial charge is 0.480 e. The van der Waals surface area contributed by atoms with Gasteiger partial charge in [-0.2, -0.15) is 0 Å². The van der Waals surface area contributed by atoms with Crippen LogP contribution in [-0.4, -0.2) is 25.0 Å². The molecule has 0 spiro atoms. The molecule has 0 aliphatic heterocycles. The Morgan fingerprint density at radius 1 is 1.10 bits per heavy atom. The Labute approximate surface area is 187 Å². The highest BCUT2D eigenvalue weighted by Crippen LogP contribution is 2.27. The minimum atomic E-state index is -0.773. The maximum atomic E-state index is 12.2. The summed E-state index contributed by atoms with van der Waals surface area (Å²) in [5, 5.41) is 3.91. The summed E-state index contributed by atoms with van der Waals surface area (Å²) < 4.78 is 15.8. The van der Waals surface area contributed by atoms with E-state index in [0.717, 1.165) is 12.8 Å². The molecule has 0 fully saturated rings. The van der Waals surface area contributed by atoms with Crippen LogP contribution in [0.4, 0.5) is 0 Å². The third kappa shape index (κ3) is 5.99. The van der Waals surface area contributed by atoms with Crippen molar-refractivity contribution < 1.29 is 23.5 Å². The van der Waals surface area contributed by atoms with Gasteiger partial charge in [0.25, 0.3) is 5.91 Å². The summed E-state index contributed by atoms with van der Waals surface area (Å²) in [6.45, 7) is 2.09. The predicted octanol–water partition coefficient (Wildman–Crippen LogP) is 4.61. The number of hydrogen-bond acceptors (Lipinski definition) is 6. The number of nitrogens with one attached hydrogen (secondary N) is 1. The molecule has 31 heavy (non-hydrogen) atoms. The summed E-state index contributed by atoms with van der Waals surface area (Å²) in [5.41, 5.74) is -0.672. The first-order valence-corrected chi connectivity index (χ1v) is 10.3.